The second kappa shape index (κ2) is 10.4. The van der Waals surface area contributed by atoms with Crippen molar-refractivity contribution >= 4 is 23.2 Å². The van der Waals surface area contributed by atoms with Crippen LogP contribution in [0.2, 0.25) is 0 Å². The van der Waals surface area contributed by atoms with Gasteiger partial charge >= 0.3 is 0 Å². The van der Waals surface area contributed by atoms with Crippen molar-refractivity contribution in [2.24, 2.45) is 0 Å². The fraction of sp³-hybridized carbons (Fsp3) is 0.226. The predicted octanol–water partition coefficient (Wildman–Crippen LogP) is 6.89. The van der Waals surface area contributed by atoms with Gasteiger partial charge in [-0.1, -0.05) is 61.5 Å². The van der Waals surface area contributed by atoms with Crippen LogP contribution in [0.3, 0.4) is 0 Å². The van der Waals surface area contributed by atoms with Crippen molar-refractivity contribution in [3.63, 3.8) is 0 Å². The largest absolute Gasteiger partial charge is 0.493 e. The molecule has 0 saturated carbocycles. The van der Waals surface area contributed by atoms with Gasteiger partial charge in [0.2, 0.25) is 0 Å². The minimum atomic E-state index is -1.93. The third kappa shape index (κ3) is 4.61. The zero-order valence-electron chi connectivity index (χ0n) is 20.2. The van der Waals surface area contributed by atoms with Crippen LogP contribution in [0.4, 0.5) is 0 Å². The zero-order chi connectivity index (χ0) is 23.3. The van der Waals surface area contributed by atoms with Gasteiger partial charge in [0.25, 0.3) is 0 Å². The van der Waals surface area contributed by atoms with E-state index in [0.29, 0.717) is 0 Å². The molecule has 0 atom stereocenters. The molecule has 0 spiro atoms. The quantitative estimate of drug-likeness (QED) is 0.264. The molecule has 2 heteroatoms. The van der Waals surface area contributed by atoms with E-state index in [-0.39, 0.29) is 0 Å². The molecule has 168 valence electrons. The van der Waals surface area contributed by atoms with E-state index in [0.717, 1.165) is 24.9 Å². The average molecular weight is 454 g/mol. The maximum absolute atomic E-state index is 6.10. The van der Waals surface area contributed by atoms with E-state index < -0.39 is 7.26 Å². The summed E-state index contributed by atoms with van der Waals surface area (Å²) in [6.07, 6.45) is 2.02. The second-order valence-corrected chi connectivity index (χ2v) is 12.2. The molecular weight excluding hydrogens is 419 g/mol. The monoisotopic (exact) mass is 453 g/mol. The third-order valence-corrected chi connectivity index (χ3v) is 11.0. The van der Waals surface area contributed by atoms with Gasteiger partial charge in [0.15, 0.2) is 0 Å². The SMILES string of the molecule is CCCOc1cc(C)c(C[P+](c2ccccc2)(c2ccccc2)c2ccccc2)c(C)c1C. The maximum atomic E-state index is 6.10. The fourth-order valence-corrected chi connectivity index (χ4v) is 9.16. The summed E-state index contributed by atoms with van der Waals surface area (Å²) in [5, 5.41) is 4.26. The van der Waals surface area contributed by atoms with Crippen molar-refractivity contribution in [2.45, 2.75) is 40.3 Å². The number of aryl methyl sites for hydroxylation is 1. The first kappa shape index (κ1) is 23.3. The van der Waals surface area contributed by atoms with E-state index in [9.17, 15) is 0 Å². The standard InChI is InChI=1S/C31H34OP/c1-5-21-32-31-22-24(2)30(25(3)26(31)4)23-33(27-15-9-6-10-16-27,28-17-11-7-12-18-28)29-19-13-8-14-20-29/h6-20,22H,5,21,23H2,1-4H3/q+1. The van der Waals surface area contributed by atoms with Crippen LogP contribution in [0.25, 0.3) is 0 Å². The lowest BCUT2D eigenvalue weighted by Gasteiger charge is -2.29. The molecule has 0 bridgehead atoms. The highest BCUT2D eigenvalue weighted by Crippen LogP contribution is 2.59. The molecule has 0 fully saturated rings. The average Bonchev–Trinajstić information content (AvgIpc) is 2.87. The Bertz CT molecular complexity index is 1090. The smallest absolute Gasteiger partial charge is 0.122 e. The van der Waals surface area contributed by atoms with Gasteiger partial charge in [0.05, 0.1) is 12.8 Å². The molecule has 0 amide bonds. The molecule has 0 N–H and O–H groups in total. The summed E-state index contributed by atoms with van der Waals surface area (Å²) in [6, 6.07) is 35.7. The van der Waals surface area contributed by atoms with Crippen LogP contribution >= 0.6 is 7.26 Å². The highest BCUT2D eigenvalue weighted by Gasteiger charge is 2.46. The summed E-state index contributed by atoms with van der Waals surface area (Å²) in [6.45, 7) is 9.63. The minimum Gasteiger partial charge on any atom is -0.493 e. The molecule has 0 aromatic heterocycles. The van der Waals surface area contributed by atoms with E-state index >= 15 is 0 Å². The van der Waals surface area contributed by atoms with Gasteiger partial charge in [-0.25, -0.2) is 0 Å². The molecule has 0 aliphatic heterocycles. The topological polar surface area (TPSA) is 9.23 Å². The molecule has 4 aromatic carbocycles. The number of ether oxygens (including phenoxy) is 1. The van der Waals surface area contributed by atoms with Gasteiger partial charge in [-0.3, -0.25) is 0 Å². The fourth-order valence-electron chi connectivity index (χ4n) is 4.71. The van der Waals surface area contributed by atoms with Crippen LogP contribution in [0, 0.1) is 20.8 Å². The van der Waals surface area contributed by atoms with Gasteiger partial charge in [-0.15, -0.1) is 0 Å². The van der Waals surface area contributed by atoms with Gasteiger partial charge in [0.1, 0.15) is 28.9 Å². The number of hydrogen-bond acceptors (Lipinski definition) is 1. The van der Waals surface area contributed by atoms with Crippen LogP contribution in [0.15, 0.2) is 97.1 Å². The first-order valence-corrected chi connectivity index (χ1v) is 13.8. The molecule has 33 heavy (non-hydrogen) atoms. The highest BCUT2D eigenvalue weighted by molar-refractivity contribution is 7.95. The molecular formula is C31H34OP+. The van der Waals surface area contributed by atoms with Crippen LogP contribution in [0.1, 0.15) is 35.6 Å². The molecule has 1 nitrogen and oxygen atoms in total. The molecule has 4 rings (SSSR count). The van der Waals surface area contributed by atoms with Gasteiger partial charge in [-0.05, 0) is 91.9 Å². The van der Waals surface area contributed by atoms with E-state index in [4.69, 9.17) is 4.74 Å². The van der Waals surface area contributed by atoms with Crippen LogP contribution in [-0.4, -0.2) is 6.61 Å². The summed E-state index contributed by atoms with van der Waals surface area (Å²) >= 11 is 0. The Labute approximate surface area is 199 Å². The van der Waals surface area contributed by atoms with E-state index in [1.807, 2.05) is 0 Å². The number of hydrogen-bond donors (Lipinski definition) is 0. The van der Waals surface area contributed by atoms with Crippen molar-refractivity contribution in [1.82, 2.24) is 0 Å². The first-order valence-electron chi connectivity index (χ1n) is 11.8. The minimum absolute atomic E-state index is 0.758. The predicted molar refractivity (Wildman–Crippen MR) is 145 cm³/mol. The first-order chi connectivity index (χ1) is 16.1. The van der Waals surface area contributed by atoms with Crippen LogP contribution in [0.5, 0.6) is 5.75 Å². The summed E-state index contributed by atoms with van der Waals surface area (Å²) in [5.74, 6) is 1.03. The second-order valence-electron chi connectivity index (χ2n) is 8.74. The molecule has 0 radical (unpaired) electrons. The Morgan fingerprint density at radius 3 is 1.52 bits per heavy atom. The summed E-state index contributed by atoms with van der Waals surface area (Å²) in [7, 11) is -1.93. The zero-order valence-corrected chi connectivity index (χ0v) is 21.1. The van der Waals surface area contributed by atoms with Crippen molar-refractivity contribution in [3.05, 3.63) is 119 Å². The summed E-state index contributed by atoms with van der Waals surface area (Å²) in [5.41, 5.74) is 5.38. The lowest BCUT2D eigenvalue weighted by molar-refractivity contribution is 0.315. The Morgan fingerprint density at radius 2 is 1.09 bits per heavy atom. The normalized spacial score (nSPS) is 11.4. The summed E-state index contributed by atoms with van der Waals surface area (Å²) < 4.78 is 6.10. The van der Waals surface area contributed by atoms with Gasteiger partial charge in [-0.2, -0.15) is 0 Å². The Hall–Kier alpha value is -2.89. The Morgan fingerprint density at radius 1 is 0.636 bits per heavy atom. The summed E-state index contributed by atoms with van der Waals surface area (Å²) in [4.78, 5) is 0. The van der Waals surface area contributed by atoms with E-state index in [1.54, 1.807) is 0 Å². The molecule has 0 unspecified atom stereocenters. The highest BCUT2D eigenvalue weighted by atomic mass is 31.2. The lowest BCUT2D eigenvalue weighted by atomic mass is 9.98. The molecule has 4 aromatic rings. The van der Waals surface area contributed by atoms with Crippen molar-refractivity contribution in [2.75, 3.05) is 6.61 Å². The third-order valence-electron chi connectivity index (χ3n) is 6.66. The number of benzene rings is 4. The lowest BCUT2D eigenvalue weighted by Crippen LogP contribution is -2.32. The Kier molecular flexibility index (Phi) is 7.31. The molecule has 0 saturated heterocycles. The van der Waals surface area contributed by atoms with Crippen LogP contribution < -0.4 is 20.7 Å². The number of rotatable bonds is 8. The van der Waals surface area contributed by atoms with Crippen molar-refractivity contribution in [1.29, 1.82) is 0 Å². The van der Waals surface area contributed by atoms with Gasteiger partial charge in [0, 0.05) is 0 Å². The molecule has 0 aliphatic carbocycles. The van der Waals surface area contributed by atoms with Gasteiger partial charge < -0.3 is 4.74 Å². The van der Waals surface area contributed by atoms with Crippen molar-refractivity contribution in [3.8, 4) is 5.75 Å². The Balaban J connectivity index is 1.97. The van der Waals surface area contributed by atoms with E-state index in [1.165, 1.54) is 38.2 Å². The molecule has 0 heterocycles. The van der Waals surface area contributed by atoms with Crippen molar-refractivity contribution < 1.29 is 4.74 Å². The van der Waals surface area contributed by atoms with Crippen LogP contribution in [-0.2, 0) is 6.16 Å². The van der Waals surface area contributed by atoms with E-state index in [2.05, 4.69) is 125 Å². The maximum Gasteiger partial charge on any atom is 0.122 e. The molecule has 0 aliphatic rings.